The van der Waals surface area contributed by atoms with Gasteiger partial charge in [0.05, 0.1) is 5.56 Å². The van der Waals surface area contributed by atoms with Gasteiger partial charge in [0.15, 0.2) is 0 Å². The van der Waals surface area contributed by atoms with E-state index in [4.69, 9.17) is 11.5 Å². The Kier molecular flexibility index (Phi) is 4.25. The second-order valence-corrected chi connectivity index (χ2v) is 5.25. The van der Waals surface area contributed by atoms with E-state index in [1.165, 1.54) is 17.8 Å². The van der Waals surface area contributed by atoms with Crippen molar-refractivity contribution in [2.75, 3.05) is 5.73 Å². The molecule has 0 radical (unpaired) electrons. The molecule has 0 atom stereocenters. The first-order valence-corrected chi connectivity index (χ1v) is 6.66. The van der Waals surface area contributed by atoms with E-state index in [9.17, 15) is 13.2 Å². The highest BCUT2D eigenvalue weighted by atomic mass is 32.2. The van der Waals surface area contributed by atoms with Crippen LogP contribution in [0.2, 0.25) is 0 Å². The maximum atomic E-state index is 12.6. The molecular formula is C14H13F3N2S. The number of rotatable bonds is 3. The first-order valence-electron chi connectivity index (χ1n) is 5.84. The van der Waals surface area contributed by atoms with Crippen LogP contribution in [0, 0.1) is 0 Å². The van der Waals surface area contributed by atoms with Gasteiger partial charge in [-0.1, -0.05) is 30.0 Å². The Bertz CT molecular complexity index is 612. The molecule has 0 aromatic heterocycles. The lowest BCUT2D eigenvalue weighted by molar-refractivity contribution is -0.137. The minimum atomic E-state index is -4.38. The molecule has 106 valence electrons. The molecule has 0 heterocycles. The average Bonchev–Trinajstić information content (AvgIpc) is 2.40. The van der Waals surface area contributed by atoms with Crippen molar-refractivity contribution < 1.29 is 13.2 Å². The molecule has 2 rings (SSSR count). The van der Waals surface area contributed by atoms with E-state index in [1.54, 1.807) is 0 Å². The lowest BCUT2D eigenvalue weighted by Crippen LogP contribution is -2.05. The molecule has 0 aliphatic rings. The third-order valence-electron chi connectivity index (χ3n) is 2.75. The zero-order valence-electron chi connectivity index (χ0n) is 10.4. The first kappa shape index (κ1) is 14.7. The van der Waals surface area contributed by atoms with Crippen molar-refractivity contribution in [1.82, 2.24) is 0 Å². The number of hydrogen-bond donors (Lipinski definition) is 2. The molecule has 0 aliphatic heterocycles. The van der Waals surface area contributed by atoms with Gasteiger partial charge in [-0.3, -0.25) is 0 Å². The van der Waals surface area contributed by atoms with E-state index < -0.39 is 11.7 Å². The maximum Gasteiger partial charge on any atom is 0.416 e. The average molecular weight is 298 g/mol. The Balaban J connectivity index is 2.31. The van der Waals surface area contributed by atoms with Crippen LogP contribution in [0.3, 0.4) is 0 Å². The highest BCUT2D eigenvalue weighted by Gasteiger charge is 2.30. The number of hydrogen-bond acceptors (Lipinski definition) is 3. The van der Waals surface area contributed by atoms with Crippen LogP contribution in [0.4, 0.5) is 18.9 Å². The van der Waals surface area contributed by atoms with Crippen LogP contribution in [0.5, 0.6) is 0 Å². The molecule has 4 N–H and O–H groups in total. The van der Waals surface area contributed by atoms with Gasteiger partial charge < -0.3 is 11.5 Å². The van der Waals surface area contributed by atoms with Gasteiger partial charge in [-0.15, -0.1) is 0 Å². The summed E-state index contributed by atoms with van der Waals surface area (Å²) < 4.78 is 37.7. The molecule has 6 heteroatoms. The van der Waals surface area contributed by atoms with Crippen molar-refractivity contribution >= 4 is 17.4 Å². The van der Waals surface area contributed by atoms with Crippen LogP contribution in [0.15, 0.2) is 52.3 Å². The van der Waals surface area contributed by atoms with Crippen LogP contribution >= 0.6 is 11.8 Å². The van der Waals surface area contributed by atoms with E-state index >= 15 is 0 Å². The van der Waals surface area contributed by atoms with Crippen molar-refractivity contribution in [3.05, 3.63) is 53.6 Å². The fourth-order valence-electron chi connectivity index (χ4n) is 1.71. The zero-order chi connectivity index (χ0) is 14.8. The standard InChI is InChI=1S/C14H13F3N2S/c15-14(16,17)10-5-6-13(11(19)7-10)20-12-4-2-1-3-9(12)8-18/h1-7H,8,18-19H2. The smallest absolute Gasteiger partial charge is 0.398 e. The third kappa shape index (κ3) is 3.26. The highest BCUT2D eigenvalue weighted by molar-refractivity contribution is 7.99. The predicted molar refractivity (Wildman–Crippen MR) is 74.3 cm³/mol. The molecule has 0 amide bonds. The molecule has 20 heavy (non-hydrogen) atoms. The zero-order valence-corrected chi connectivity index (χ0v) is 11.3. The van der Waals surface area contributed by atoms with Crippen molar-refractivity contribution in [1.29, 1.82) is 0 Å². The Labute approximate surface area is 119 Å². The summed E-state index contributed by atoms with van der Waals surface area (Å²) in [7, 11) is 0. The molecule has 0 saturated carbocycles. The maximum absolute atomic E-state index is 12.6. The molecule has 0 unspecified atom stereocenters. The minimum Gasteiger partial charge on any atom is -0.398 e. The molecule has 0 aliphatic carbocycles. The summed E-state index contributed by atoms with van der Waals surface area (Å²) in [6, 6.07) is 10.8. The van der Waals surface area contributed by atoms with Crippen LogP contribution in [-0.2, 0) is 12.7 Å². The van der Waals surface area contributed by atoms with Gasteiger partial charge in [-0.25, -0.2) is 0 Å². The van der Waals surface area contributed by atoms with Crippen molar-refractivity contribution in [2.45, 2.75) is 22.5 Å². The van der Waals surface area contributed by atoms with Gasteiger partial charge in [0.2, 0.25) is 0 Å². The predicted octanol–water partition coefficient (Wildman–Crippen LogP) is 3.90. The molecule has 2 nitrogen and oxygen atoms in total. The number of nitrogens with two attached hydrogens (primary N) is 2. The Hall–Kier alpha value is -1.66. The summed E-state index contributed by atoms with van der Waals surface area (Å²) >= 11 is 1.31. The van der Waals surface area contributed by atoms with E-state index in [2.05, 4.69) is 0 Å². The summed E-state index contributed by atoms with van der Waals surface area (Å²) in [5.74, 6) is 0. The lowest BCUT2D eigenvalue weighted by Gasteiger charge is -2.12. The number of halogens is 3. The Morgan fingerprint density at radius 2 is 1.70 bits per heavy atom. The van der Waals surface area contributed by atoms with Crippen molar-refractivity contribution in [2.24, 2.45) is 5.73 Å². The summed E-state index contributed by atoms with van der Waals surface area (Å²) in [4.78, 5) is 1.47. The fourth-order valence-corrected chi connectivity index (χ4v) is 2.69. The Morgan fingerprint density at radius 3 is 2.30 bits per heavy atom. The van der Waals surface area contributed by atoms with Crippen molar-refractivity contribution in [3.8, 4) is 0 Å². The summed E-state index contributed by atoms with van der Waals surface area (Å²) in [5, 5.41) is 0. The lowest BCUT2D eigenvalue weighted by atomic mass is 10.2. The SMILES string of the molecule is NCc1ccccc1Sc1ccc(C(F)(F)F)cc1N. The minimum absolute atomic E-state index is 0.108. The van der Waals surface area contributed by atoms with E-state index in [0.29, 0.717) is 11.4 Å². The van der Waals surface area contributed by atoms with Gasteiger partial charge in [0.1, 0.15) is 0 Å². The number of benzene rings is 2. The topological polar surface area (TPSA) is 52.0 Å². The van der Waals surface area contributed by atoms with Gasteiger partial charge in [0.25, 0.3) is 0 Å². The second kappa shape index (κ2) is 5.76. The van der Waals surface area contributed by atoms with Crippen LogP contribution < -0.4 is 11.5 Å². The third-order valence-corrected chi connectivity index (χ3v) is 3.96. The molecule has 2 aromatic rings. The van der Waals surface area contributed by atoms with E-state index in [1.807, 2.05) is 24.3 Å². The van der Waals surface area contributed by atoms with E-state index in [-0.39, 0.29) is 5.69 Å². The fraction of sp³-hybridized carbons (Fsp3) is 0.143. The van der Waals surface area contributed by atoms with Gasteiger partial charge in [0, 0.05) is 22.0 Å². The van der Waals surface area contributed by atoms with E-state index in [0.717, 1.165) is 22.6 Å². The molecule has 2 aromatic carbocycles. The summed E-state index contributed by atoms with van der Waals surface area (Å²) in [5.41, 5.74) is 11.6. The van der Waals surface area contributed by atoms with Crippen LogP contribution in [0.1, 0.15) is 11.1 Å². The molecule has 0 saturated heterocycles. The van der Waals surface area contributed by atoms with Crippen molar-refractivity contribution in [3.63, 3.8) is 0 Å². The summed E-state index contributed by atoms with van der Waals surface area (Å²) in [6.45, 7) is 0.365. The molecule has 0 spiro atoms. The number of anilines is 1. The Morgan fingerprint density at radius 1 is 1.00 bits per heavy atom. The summed E-state index contributed by atoms with van der Waals surface area (Å²) in [6.07, 6.45) is -4.38. The number of nitrogen functional groups attached to an aromatic ring is 1. The normalized spacial score (nSPS) is 11.6. The molecule has 0 bridgehead atoms. The van der Waals surface area contributed by atoms with Gasteiger partial charge in [-0.2, -0.15) is 13.2 Å². The second-order valence-electron chi connectivity index (χ2n) is 4.16. The first-order chi connectivity index (χ1) is 9.41. The highest BCUT2D eigenvalue weighted by Crippen LogP contribution is 2.37. The van der Waals surface area contributed by atoms with Crippen LogP contribution in [-0.4, -0.2) is 0 Å². The number of alkyl halides is 3. The molecule has 0 fully saturated rings. The van der Waals surface area contributed by atoms with Gasteiger partial charge >= 0.3 is 6.18 Å². The van der Waals surface area contributed by atoms with Crippen LogP contribution in [0.25, 0.3) is 0 Å². The largest absolute Gasteiger partial charge is 0.416 e. The quantitative estimate of drug-likeness (QED) is 0.845. The molecular weight excluding hydrogens is 285 g/mol. The van der Waals surface area contributed by atoms with Gasteiger partial charge in [-0.05, 0) is 29.8 Å². The monoisotopic (exact) mass is 298 g/mol.